The standard InChI is InChI=1S/C13H17NO2/c1-2-3-4-8-14-10-11-6-5-7-12(9-11)13(15)16/h2,5-7,9,14H,1,3-4,8,10H2,(H,15,16). The second-order valence-electron chi connectivity index (χ2n) is 3.61. The summed E-state index contributed by atoms with van der Waals surface area (Å²) in [5, 5.41) is 12.1. The van der Waals surface area contributed by atoms with Gasteiger partial charge >= 0.3 is 5.97 Å². The summed E-state index contributed by atoms with van der Waals surface area (Å²) in [6.45, 7) is 5.28. The molecule has 0 radical (unpaired) electrons. The van der Waals surface area contributed by atoms with Crippen LogP contribution >= 0.6 is 0 Å². The number of allylic oxidation sites excluding steroid dienone is 1. The lowest BCUT2D eigenvalue weighted by atomic mass is 10.1. The third kappa shape index (κ3) is 4.28. The zero-order valence-electron chi connectivity index (χ0n) is 9.28. The maximum atomic E-state index is 10.7. The van der Waals surface area contributed by atoms with Crippen LogP contribution in [-0.4, -0.2) is 17.6 Å². The van der Waals surface area contributed by atoms with E-state index >= 15 is 0 Å². The van der Waals surface area contributed by atoms with Crippen LogP contribution in [0.2, 0.25) is 0 Å². The average Bonchev–Trinajstić information content (AvgIpc) is 2.29. The molecule has 3 nitrogen and oxygen atoms in total. The first-order valence-corrected chi connectivity index (χ1v) is 5.38. The zero-order valence-corrected chi connectivity index (χ0v) is 9.28. The van der Waals surface area contributed by atoms with Gasteiger partial charge in [-0.1, -0.05) is 18.2 Å². The summed E-state index contributed by atoms with van der Waals surface area (Å²) in [7, 11) is 0. The summed E-state index contributed by atoms with van der Waals surface area (Å²) in [6.07, 6.45) is 3.96. The smallest absolute Gasteiger partial charge is 0.335 e. The van der Waals surface area contributed by atoms with Crippen LogP contribution in [0.25, 0.3) is 0 Å². The van der Waals surface area contributed by atoms with Crippen molar-refractivity contribution in [1.82, 2.24) is 5.32 Å². The van der Waals surface area contributed by atoms with Crippen molar-refractivity contribution in [3.05, 3.63) is 48.0 Å². The van der Waals surface area contributed by atoms with Crippen LogP contribution in [0.5, 0.6) is 0 Å². The highest BCUT2D eigenvalue weighted by molar-refractivity contribution is 5.87. The van der Waals surface area contributed by atoms with E-state index in [2.05, 4.69) is 11.9 Å². The second kappa shape index (κ2) is 6.80. The van der Waals surface area contributed by atoms with Crippen molar-refractivity contribution in [3.8, 4) is 0 Å². The Bertz CT molecular complexity index is 361. The van der Waals surface area contributed by atoms with Gasteiger partial charge in [0.2, 0.25) is 0 Å². The molecule has 0 fully saturated rings. The summed E-state index contributed by atoms with van der Waals surface area (Å²) < 4.78 is 0. The predicted molar refractivity (Wildman–Crippen MR) is 64.5 cm³/mol. The molecule has 2 N–H and O–H groups in total. The predicted octanol–water partition coefficient (Wildman–Crippen LogP) is 2.44. The zero-order chi connectivity index (χ0) is 11.8. The first kappa shape index (κ1) is 12.5. The Morgan fingerprint density at radius 2 is 2.31 bits per heavy atom. The van der Waals surface area contributed by atoms with Crippen molar-refractivity contribution in [2.24, 2.45) is 0 Å². The van der Waals surface area contributed by atoms with Gasteiger partial charge in [0.25, 0.3) is 0 Å². The molecule has 0 aliphatic rings. The first-order chi connectivity index (χ1) is 7.74. The Morgan fingerprint density at radius 1 is 1.50 bits per heavy atom. The molecule has 0 aliphatic carbocycles. The third-order valence-electron chi connectivity index (χ3n) is 2.26. The van der Waals surface area contributed by atoms with Crippen molar-refractivity contribution in [2.45, 2.75) is 19.4 Å². The molecule has 0 saturated heterocycles. The van der Waals surface area contributed by atoms with E-state index in [-0.39, 0.29) is 0 Å². The van der Waals surface area contributed by atoms with Crippen molar-refractivity contribution >= 4 is 5.97 Å². The summed E-state index contributed by atoms with van der Waals surface area (Å²) >= 11 is 0. The van der Waals surface area contributed by atoms with Crippen LogP contribution in [-0.2, 0) is 6.54 Å². The summed E-state index contributed by atoms with van der Waals surface area (Å²) in [5.41, 5.74) is 1.34. The Morgan fingerprint density at radius 3 is 3.00 bits per heavy atom. The van der Waals surface area contributed by atoms with Gasteiger partial charge in [-0.05, 0) is 37.1 Å². The number of carbonyl (C=O) groups is 1. The normalized spacial score (nSPS) is 10.0. The summed E-state index contributed by atoms with van der Waals surface area (Å²) in [6, 6.07) is 6.99. The van der Waals surface area contributed by atoms with Crippen molar-refractivity contribution in [3.63, 3.8) is 0 Å². The molecule has 3 heteroatoms. The lowest BCUT2D eigenvalue weighted by Gasteiger charge is -2.04. The fraction of sp³-hybridized carbons (Fsp3) is 0.308. The lowest BCUT2D eigenvalue weighted by molar-refractivity contribution is 0.0697. The van der Waals surface area contributed by atoms with Gasteiger partial charge in [-0.3, -0.25) is 0 Å². The molecule has 0 atom stereocenters. The van der Waals surface area contributed by atoms with Gasteiger partial charge < -0.3 is 10.4 Å². The minimum Gasteiger partial charge on any atom is -0.478 e. The highest BCUT2D eigenvalue weighted by atomic mass is 16.4. The molecule has 1 aromatic rings. The first-order valence-electron chi connectivity index (χ1n) is 5.38. The third-order valence-corrected chi connectivity index (χ3v) is 2.26. The van der Waals surface area contributed by atoms with Gasteiger partial charge in [0.1, 0.15) is 0 Å². The molecule has 0 aromatic heterocycles. The van der Waals surface area contributed by atoms with Crippen LogP contribution < -0.4 is 5.32 Å². The molecule has 86 valence electrons. The number of unbranched alkanes of at least 4 members (excludes halogenated alkanes) is 1. The molecule has 0 aliphatic heterocycles. The van der Waals surface area contributed by atoms with Gasteiger partial charge in [0.15, 0.2) is 0 Å². The van der Waals surface area contributed by atoms with E-state index in [1.54, 1.807) is 18.2 Å². The highest BCUT2D eigenvalue weighted by Gasteiger charge is 2.02. The molecule has 0 spiro atoms. The lowest BCUT2D eigenvalue weighted by Crippen LogP contribution is -2.14. The topological polar surface area (TPSA) is 49.3 Å². The van der Waals surface area contributed by atoms with Gasteiger partial charge in [0.05, 0.1) is 5.56 Å². The molecule has 0 bridgehead atoms. The molecule has 0 amide bonds. The molecule has 0 unspecified atom stereocenters. The Labute approximate surface area is 95.8 Å². The summed E-state index contributed by atoms with van der Waals surface area (Å²) in [4.78, 5) is 10.7. The molecule has 0 heterocycles. The van der Waals surface area contributed by atoms with Crippen LogP contribution in [0.15, 0.2) is 36.9 Å². The molecular weight excluding hydrogens is 202 g/mol. The number of nitrogens with one attached hydrogen (secondary N) is 1. The maximum Gasteiger partial charge on any atom is 0.335 e. The monoisotopic (exact) mass is 219 g/mol. The molecule has 16 heavy (non-hydrogen) atoms. The van der Waals surface area contributed by atoms with Crippen molar-refractivity contribution < 1.29 is 9.90 Å². The highest BCUT2D eigenvalue weighted by Crippen LogP contribution is 2.05. The number of carboxylic acids is 1. The van der Waals surface area contributed by atoms with E-state index in [0.29, 0.717) is 12.1 Å². The van der Waals surface area contributed by atoms with E-state index in [1.807, 2.05) is 12.1 Å². The molecule has 0 saturated carbocycles. The number of aromatic carboxylic acids is 1. The Hall–Kier alpha value is -1.61. The summed E-state index contributed by atoms with van der Waals surface area (Å²) in [5.74, 6) is -0.881. The van der Waals surface area contributed by atoms with E-state index < -0.39 is 5.97 Å². The van der Waals surface area contributed by atoms with Gasteiger partial charge in [-0.15, -0.1) is 6.58 Å². The van der Waals surface area contributed by atoms with E-state index in [4.69, 9.17) is 5.11 Å². The van der Waals surface area contributed by atoms with Crippen LogP contribution in [0.1, 0.15) is 28.8 Å². The van der Waals surface area contributed by atoms with Crippen molar-refractivity contribution in [2.75, 3.05) is 6.54 Å². The van der Waals surface area contributed by atoms with Crippen LogP contribution in [0.4, 0.5) is 0 Å². The molecule has 1 rings (SSSR count). The number of hydrogen-bond donors (Lipinski definition) is 2. The maximum absolute atomic E-state index is 10.7. The Balaban J connectivity index is 2.39. The average molecular weight is 219 g/mol. The van der Waals surface area contributed by atoms with E-state index in [1.165, 1.54) is 0 Å². The number of rotatable bonds is 7. The SMILES string of the molecule is C=CCCCNCc1cccc(C(=O)O)c1. The largest absolute Gasteiger partial charge is 0.478 e. The second-order valence-corrected chi connectivity index (χ2v) is 3.61. The Kier molecular flexibility index (Phi) is 5.29. The minimum atomic E-state index is -0.881. The van der Waals surface area contributed by atoms with Crippen LogP contribution in [0.3, 0.4) is 0 Å². The van der Waals surface area contributed by atoms with E-state index in [0.717, 1.165) is 24.9 Å². The number of carboxylic acid groups (broad SMARTS) is 1. The number of benzene rings is 1. The van der Waals surface area contributed by atoms with E-state index in [9.17, 15) is 4.79 Å². The molecular formula is C13H17NO2. The fourth-order valence-corrected chi connectivity index (χ4v) is 1.42. The van der Waals surface area contributed by atoms with Gasteiger partial charge in [-0.2, -0.15) is 0 Å². The van der Waals surface area contributed by atoms with Crippen molar-refractivity contribution in [1.29, 1.82) is 0 Å². The van der Waals surface area contributed by atoms with Gasteiger partial charge in [0, 0.05) is 6.54 Å². The van der Waals surface area contributed by atoms with Crippen LogP contribution in [0, 0.1) is 0 Å². The fourth-order valence-electron chi connectivity index (χ4n) is 1.42. The number of hydrogen-bond acceptors (Lipinski definition) is 2. The van der Waals surface area contributed by atoms with Gasteiger partial charge in [-0.25, -0.2) is 4.79 Å². The molecule has 1 aromatic carbocycles. The minimum absolute atomic E-state index is 0.338. The quantitative estimate of drug-likeness (QED) is 0.547.